The number of nitrogens with zero attached hydrogens (tertiary/aromatic N) is 1. The van der Waals surface area contributed by atoms with Crippen LogP contribution in [0.3, 0.4) is 0 Å². The van der Waals surface area contributed by atoms with Crippen molar-refractivity contribution >= 4 is 15.9 Å². The Kier molecular flexibility index (Phi) is 3.04. The molecule has 1 aromatic heterocycles. The van der Waals surface area contributed by atoms with Crippen LogP contribution in [-0.2, 0) is 0 Å². The van der Waals surface area contributed by atoms with Crippen molar-refractivity contribution in [2.75, 3.05) is 0 Å². The first-order valence-electron chi connectivity index (χ1n) is 3.42. The van der Waals surface area contributed by atoms with Gasteiger partial charge >= 0.3 is 6.36 Å². The maximum Gasteiger partial charge on any atom is 0.573 e. The minimum absolute atomic E-state index is 0.00419. The summed E-state index contributed by atoms with van der Waals surface area (Å²) in [5, 5.41) is 8.49. The molecule has 0 aliphatic rings. The second-order valence-corrected chi connectivity index (χ2v) is 3.12. The molecule has 15 heavy (non-hydrogen) atoms. The zero-order chi connectivity index (χ0) is 11.6. The summed E-state index contributed by atoms with van der Waals surface area (Å²) in [5.74, 6) is -0.970. The standard InChI is InChI=1S/C7H2BrF3N2O2/c8-6-3(1-12)5(14)4(2-13-6)15-7(9,10)11/h2H,(H,13,14). The Hall–Kier alpha value is -1.49. The SMILES string of the molecule is N#Cc1c(Br)[nH]cc(OC(F)(F)F)c1=O. The second kappa shape index (κ2) is 3.94. The van der Waals surface area contributed by atoms with Crippen LogP contribution in [0.4, 0.5) is 13.2 Å². The summed E-state index contributed by atoms with van der Waals surface area (Å²) in [6.07, 6.45) is -4.24. The molecule has 4 nitrogen and oxygen atoms in total. The molecule has 1 aromatic rings. The Bertz CT molecular complexity index is 475. The molecule has 0 spiro atoms. The van der Waals surface area contributed by atoms with Crippen LogP contribution < -0.4 is 10.2 Å². The molecule has 0 saturated heterocycles. The molecule has 8 heteroatoms. The van der Waals surface area contributed by atoms with E-state index in [0.717, 1.165) is 6.20 Å². The van der Waals surface area contributed by atoms with Crippen molar-refractivity contribution in [3.8, 4) is 11.8 Å². The van der Waals surface area contributed by atoms with E-state index in [9.17, 15) is 18.0 Å². The smallest absolute Gasteiger partial charge is 0.400 e. The lowest BCUT2D eigenvalue weighted by Crippen LogP contribution is -2.23. The molecule has 0 amide bonds. The molecule has 0 unspecified atom stereocenters. The minimum Gasteiger partial charge on any atom is -0.400 e. The molecule has 1 rings (SSSR count). The number of rotatable bonds is 1. The molecule has 0 fully saturated rings. The van der Waals surface area contributed by atoms with Crippen LogP contribution in [0.15, 0.2) is 15.6 Å². The fourth-order valence-corrected chi connectivity index (χ4v) is 1.17. The van der Waals surface area contributed by atoms with E-state index >= 15 is 0 Å². The number of nitrogens with one attached hydrogen (secondary N) is 1. The van der Waals surface area contributed by atoms with E-state index in [2.05, 4.69) is 25.7 Å². The van der Waals surface area contributed by atoms with Crippen molar-refractivity contribution in [1.29, 1.82) is 5.26 Å². The summed E-state index contributed by atoms with van der Waals surface area (Å²) in [6.45, 7) is 0. The lowest BCUT2D eigenvalue weighted by molar-refractivity contribution is -0.275. The molecule has 0 aliphatic heterocycles. The zero-order valence-corrected chi connectivity index (χ0v) is 8.44. The number of aromatic nitrogens is 1. The molecule has 0 aliphatic carbocycles. The Labute approximate surface area is 89.4 Å². The predicted molar refractivity (Wildman–Crippen MR) is 46.2 cm³/mol. The van der Waals surface area contributed by atoms with Crippen molar-refractivity contribution < 1.29 is 17.9 Å². The molecule has 0 bridgehead atoms. The quantitative estimate of drug-likeness (QED) is 0.800. The van der Waals surface area contributed by atoms with Crippen LogP contribution in [0, 0.1) is 11.3 Å². The number of pyridine rings is 1. The zero-order valence-electron chi connectivity index (χ0n) is 6.85. The molecule has 0 aromatic carbocycles. The fourth-order valence-electron chi connectivity index (χ4n) is 0.790. The summed E-state index contributed by atoms with van der Waals surface area (Å²) in [5.41, 5.74) is -1.60. The summed E-state index contributed by atoms with van der Waals surface area (Å²) in [7, 11) is 0. The average molecular weight is 283 g/mol. The summed E-state index contributed by atoms with van der Waals surface area (Å²) in [6, 6.07) is 1.45. The molecule has 0 radical (unpaired) electrons. The Balaban J connectivity index is 3.25. The van der Waals surface area contributed by atoms with Crippen LogP contribution >= 0.6 is 15.9 Å². The lowest BCUT2D eigenvalue weighted by Gasteiger charge is -2.08. The van der Waals surface area contributed by atoms with Crippen molar-refractivity contribution in [3.05, 3.63) is 26.6 Å². The predicted octanol–water partition coefficient (Wildman–Crippen LogP) is 1.91. The minimum atomic E-state index is -4.96. The van der Waals surface area contributed by atoms with Crippen LogP contribution in [0.1, 0.15) is 5.56 Å². The Morgan fingerprint density at radius 3 is 2.60 bits per heavy atom. The highest BCUT2D eigenvalue weighted by atomic mass is 79.9. The van der Waals surface area contributed by atoms with Crippen molar-refractivity contribution in [2.45, 2.75) is 6.36 Å². The highest BCUT2D eigenvalue weighted by Crippen LogP contribution is 2.20. The topological polar surface area (TPSA) is 65.9 Å². The van der Waals surface area contributed by atoms with Gasteiger partial charge in [-0.1, -0.05) is 0 Å². The third-order valence-corrected chi connectivity index (χ3v) is 1.96. The number of alkyl halides is 3. The molecular formula is C7H2BrF3N2O2. The number of H-pyrrole nitrogens is 1. The first-order chi connectivity index (χ1) is 6.85. The number of aromatic amines is 1. The van der Waals surface area contributed by atoms with Gasteiger partial charge in [-0.2, -0.15) is 5.26 Å². The van der Waals surface area contributed by atoms with Gasteiger partial charge in [-0.15, -0.1) is 13.2 Å². The van der Waals surface area contributed by atoms with Gasteiger partial charge in [0.2, 0.25) is 5.43 Å². The van der Waals surface area contributed by atoms with Gasteiger partial charge in [-0.25, -0.2) is 0 Å². The van der Waals surface area contributed by atoms with Crippen LogP contribution in [-0.4, -0.2) is 11.3 Å². The number of nitriles is 1. The molecule has 0 atom stereocenters. The van der Waals surface area contributed by atoms with E-state index in [1.165, 1.54) is 6.07 Å². The summed E-state index contributed by atoms with van der Waals surface area (Å²) < 4.78 is 38.8. The Morgan fingerprint density at radius 1 is 1.53 bits per heavy atom. The van der Waals surface area contributed by atoms with E-state index in [4.69, 9.17) is 5.26 Å². The van der Waals surface area contributed by atoms with E-state index in [1.54, 1.807) is 0 Å². The number of hydrogen-bond donors (Lipinski definition) is 1. The van der Waals surface area contributed by atoms with E-state index in [0.29, 0.717) is 0 Å². The largest absolute Gasteiger partial charge is 0.573 e. The van der Waals surface area contributed by atoms with Gasteiger partial charge in [0.1, 0.15) is 16.2 Å². The van der Waals surface area contributed by atoms with Gasteiger partial charge in [0, 0.05) is 6.20 Å². The van der Waals surface area contributed by atoms with Crippen LogP contribution in [0.2, 0.25) is 0 Å². The summed E-state index contributed by atoms with van der Waals surface area (Å²) in [4.78, 5) is 13.5. The second-order valence-electron chi connectivity index (χ2n) is 2.33. The van der Waals surface area contributed by atoms with Crippen molar-refractivity contribution in [1.82, 2.24) is 4.98 Å². The molecule has 1 heterocycles. The first kappa shape index (κ1) is 11.6. The molecule has 0 saturated carbocycles. The first-order valence-corrected chi connectivity index (χ1v) is 4.21. The van der Waals surface area contributed by atoms with Crippen LogP contribution in [0.25, 0.3) is 0 Å². The number of halogens is 4. The van der Waals surface area contributed by atoms with Gasteiger partial charge in [-0.05, 0) is 15.9 Å². The number of hydrogen-bond acceptors (Lipinski definition) is 3. The van der Waals surface area contributed by atoms with Gasteiger partial charge in [0.15, 0.2) is 5.75 Å². The lowest BCUT2D eigenvalue weighted by atomic mass is 10.3. The molecule has 1 N–H and O–H groups in total. The van der Waals surface area contributed by atoms with Crippen molar-refractivity contribution in [2.24, 2.45) is 0 Å². The monoisotopic (exact) mass is 282 g/mol. The van der Waals surface area contributed by atoms with Gasteiger partial charge < -0.3 is 9.72 Å². The maximum atomic E-state index is 11.8. The van der Waals surface area contributed by atoms with E-state index in [-0.39, 0.29) is 4.60 Å². The fraction of sp³-hybridized carbons (Fsp3) is 0.143. The van der Waals surface area contributed by atoms with Crippen molar-refractivity contribution in [3.63, 3.8) is 0 Å². The van der Waals surface area contributed by atoms with Gasteiger partial charge in [0.05, 0.1) is 0 Å². The summed E-state index contributed by atoms with van der Waals surface area (Å²) >= 11 is 2.81. The highest BCUT2D eigenvalue weighted by molar-refractivity contribution is 9.10. The van der Waals surface area contributed by atoms with Crippen LogP contribution in [0.5, 0.6) is 5.75 Å². The molecular weight excluding hydrogens is 281 g/mol. The van der Waals surface area contributed by atoms with Gasteiger partial charge in [-0.3, -0.25) is 4.79 Å². The third kappa shape index (κ3) is 2.73. The number of ether oxygens (including phenoxy) is 1. The van der Waals surface area contributed by atoms with E-state index in [1.807, 2.05) is 0 Å². The van der Waals surface area contributed by atoms with E-state index < -0.39 is 23.1 Å². The third-order valence-electron chi connectivity index (χ3n) is 1.34. The normalized spacial score (nSPS) is 10.9. The average Bonchev–Trinajstić information content (AvgIpc) is 2.09. The highest BCUT2D eigenvalue weighted by Gasteiger charge is 2.32. The van der Waals surface area contributed by atoms with Gasteiger partial charge in [0.25, 0.3) is 0 Å². The molecule has 80 valence electrons. The maximum absolute atomic E-state index is 11.8. The Morgan fingerprint density at radius 2 is 2.13 bits per heavy atom.